The number of hydrogen-bond acceptors (Lipinski definition) is 2. The summed E-state index contributed by atoms with van der Waals surface area (Å²) in [6, 6.07) is 4.09. The van der Waals surface area contributed by atoms with E-state index in [0.29, 0.717) is 11.7 Å². The Morgan fingerprint density at radius 2 is 2.17 bits per heavy atom. The van der Waals surface area contributed by atoms with Crippen molar-refractivity contribution in [3.63, 3.8) is 0 Å². The number of nitrogens with two attached hydrogens (primary N) is 1. The minimum absolute atomic E-state index is 0.512. The number of aryl methyl sites for hydroxylation is 1. The van der Waals surface area contributed by atoms with E-state index in [2.05, 4.69) is 24.9 Å². The summed E-state index contributed by atoms with van der Waals surface area (Å²) in [6.07, 6.45) is 1.11. The summed E-state index contributed by atoms with van der Waals surface area (Å²) in [5.41, 5.74) is 7.94. The summed E-state index contributed by atoms with van der Waals surface area (Å²) in [7, 11) is 0. The van der Waals surface area contributed by atoms with Crippen LogP contribution in [0, 0.1) is 6.92 Å². The van der Waals surface area contributed by atoms with Crippen LogP contribution in [0.5, 0.6) is 0 Å². The molecule has 0 spiro atoms. The third-order valence-corrected chi connectivity index (χ3v) is 2.24. The molecule has 0 aliphatic carbocycles. The van der Waals surface area contributed by atoms with Crippen molar-refractivity contribution in [3.8, 4) is 0 Å². The molecule has 2 heteroatoms. The minimum atomic E-state index is 0.512. The van der Waals surface area contributed by atoms with Crippen LogP contribution in [-0.2, 0) is 0 Å². The van der Waals surface area contributed by atoms with E-state index in [1.165, 1.54) is 5.56 Å². The number of hydrogen-bond donors (Lipinski definition) is 1. The summed E-state index contributed by atoms with van der Waals surface area (Å²) in [5.74, 6) is 1.20. The molecule has 0 bridgehead atoms. The number of anilines is 1. The predicted molar refractivity (Wildman–Crippen MR) is 52.1 cm³/mol. The average molecular weight is 164 g/mol. The molecule has 0 radical (unpaired) electrons. The number of nitrogens with zero attached hydrogens (tertiary/aromatic N) is 1. The third-order valence-electron chi connectivity index (χ3n) is 2.24. The maximum Gasteiger partial charge on any atom is 0.127 e. The van der Waals surface area contributed by atoms with Gasteiger partial charge in [0.15, 0.2) is 0 Å². The summed E-state index contributed by atoms with van der Waals surface area (Å²) >= 11 is 0. The molecule has 0 saturated heterocycles. The number of rotatable bonds is 2. The fourth-order valence-electron chi connectivity index (χ4n) is 1.22. The van der Waals surface area contributed by atoms with Gasteiger partial charge in [0.25, 0.3) is 0 Å². The molecule has 66 valence electrons. The molecule has 0 aliphatic heterocycles. The molecule has 1 aromatic rings. The molecule has 0 saturated carbocycles. The Hall–Kier alpha value is -1.05. The zero-order valence-electron chi connectivity index (χ0n) is 7.96. The number of aromatic nitrogens is 1. The molecule has 2 nitrogen and oxygen atoms in total. The van der Waals surface area contributed by atoms with Crippen LogP contribution in [0.25, 0.3) is 0 Å². The highest BCUT2D eigenvalue weighted by Crippen LogP contribution is 2.22. The Labute approximate surface area is 73.8 Å². The van der Waals surface area contributed by atoms with Gasteiger partial charge in [0, 0.05) is 5.69 Å². The number of nitrogen functional groups attached to an aromatic ring is 1. The van der Waals surface area contributed by atoms with Gasteiger partial charge >= 0.3 is 0 Å². The maximum atomic E-state index is 5.79. The van der Waals surface area contributed by atoms with Crippen molar-refractivity contribution in [2.24, 2.45) is 0 Å². The first-order valence-corrected chi connectivity index (χ1v) is 4.38. The van der Waals surface area contributed by atoms with Gasteiger partial charge in [-0.2, -0.15) is 0 Å². The van der Waals surface area contributed by atoms with E-state index in [-0.39, 0.29) is 0 Å². The van der Waals surface area contributed by atoms with Crippen LogP contribution in [0.3, 0.4) is 0 Å². The normalized spacial score (nSPS) is 12.9. The molecule has 1 unspecified atom stereocenters. The van der Waals surface area contributed by atoms with Crippen molar-refractivity contribution in [2.45, 2.75) is 33.1 Å². The van der Waals surface area contributed by atoms with Gasteiger partial charge < -0.3 is 5.73 Å². The smallest absolute Gasteiger partial charge is 0.127 e. The second kappa shape index (κ2) is 3.57. The molecule has 1 heterocycles. The van der Waals surface area contributed by atoms with Crippen LogP contribution in [-0.4, -0.2) is 4.98 Å². The molecule has 0 aliphatic rings. The fraction of sp³-hybridized carbons (Fsp3) is 0.500. The topological polar surface area (TPSA) is 38.9 Å². The van der Waals surface area contributed by atoms with E-state index in [0.717, 1.165) is 12.1 Å². The lowest BCUT2D eigenvalue weighted by Crippen LogP contribution is -2.01. The molecule has 0 aromatic carbocycles. The second-order valence-electron chi connectivity index (χ2n) is 3.24. The van der Waals surface area contributed by atoms with Crippen LogP contribution < -0.4 is 5.73 Å². The van der Waals surface area contributed by atoms with E-state index in [9.17, 15) is 0 Å². The first kappa shape index (κ1) is 9.04. The van der Waals surface area contributed by atoms with Gasteiger partial charge in [-0.3, -0.25) is 0 Å². The summed E-state index contributed by atoms with van der Waals surface area (Å²) < 4.78 is 0. The lowest BCUT2D eigenvalue weighted by Gasteiger charge is -2.11. The Morgan fingerprint density at radius 1 is 1.50 bits per heavy atom. The molecule has 1 rings (SSSR count). The highest BCUT2D eigenvalue weighted by molar-refractivity contribution is 5.42. The lowest BCUT2D eigenvalue weighted by atomic mass is 9.99. The Bertz CT molecular complexity index is 269. The predicted octanol–water partition coefficient (Wildman–Crippen LogP) is 2.49. The van der Waals surface area contributed by atoms with Crippen LogP contribution in [0.2, 0.25) is 0 Å². The van der Waals surface area contributed by atoms with Gasteiger partial charge in [-0.15, -0.1) is 0 Å². The monoisotopic (exact) mass is 164 g/mol. The van der Waals surface area contributed by atoms with E-state index in [4.69, 9.17) is 5.73 Å². The fourth-order valence-corrected chi connectivity index (χ4v) is 1.22. The van der Waals surface area contributed by atoms with Gasteiger partial charge in [0.05, 0.1) is 0 Å². The first-order chi connectivity index (χ1) is 5.65. The quantitative estimate of drug-likeness (QED) is 0.729. The lowest BCUT2D eigenvalue weighted by molar-refractivity contribution is 0.732. The first-order valence-electron chi connectivity index (χ1n) is 4.38. The molecule has 1 aromatic heterocycles. The highest BCUT2D eigenvalue weighted by Gasteiger charge is 2.07. The van der Waals surface area contributed by atoms with Crippen LogP contribution in [0.4, 0.5) is 5.82 Å². The van der Waals surface area contributed by atoms with Crippen LogP contribution in [0.15, 0.2) is 12.1 Å². The van der Waals surface area contributed by atoms with Crippen molar-refractivity contribution in [1.82, 2.24) is 4.98 Å². The molecule has 2 N–H and O–H groups in total. The van der Waals surface area contributed by atoms with Crippen molar-refractivity contribution < 1.29 is 0 Å². The largest absolute Gasteiger partial charge is 0.383 e. The molecular formula is C10H16N2. The van der Waals surface area contributed by atoms with Crippen molar-refractivity contribution in [2.75, 3.05) is 5.73 Å². The van der Waals surface area contributed by atoms with E-state index >= 15 is 0 Å². The number of pyridine rings is 1. The highest BCUT2D eigenvalue weighted by atomic mass is 14.8. The Balaban J connectivity index is 3.01. The SMILES string of the molecule is CCC(C)c1ccc(C)nc1N. The minimum Gasteiger partial charge on any atom is -0.383 e. The summed E-state index contributed by atoms with van der Waals surface area (Å²) in [4.78, 5) is 4.22. The molecule has 0 fully saturated rings. The standard InChI is InChI=1S/C10H16N2/c1-4-7(2)9-6-5-8(3)12-10(9)11/h5-7H,4H2,1-3H3,(H2,11,12). The second-order valence-corrected chi connectivity index (χ2v) is 3.24. The van der Waals surface area contributed by atoms with Gasteiger partial charge in [-0.1, -0.05) is 19.9 Å². The molecular weight excluding hydrogens is 148 g/mol. The van der Waals surface area contributed by atoms with E-state index in [1.54, 1.807) is 0 Å². The van der Waals surface area contributed by atoms with Gasteiger partial charge in [0.2, 0.25) is 0 Å². The maximum absolute atomic E-state index is 5.79. The van der Waals surface area contributed by atoms with Crippen LogP contribution >= 0.6 is 0 Å². The zero-order valence-corrected chi connectivity index (χ0v) is 7.96. The van der Waals surface area contributed by atoms with Crippen LogP contribution in [0.1, 0.15) is 37.4 Å². The molecule has 1 atom stereocenters. The van der Waals surface area contributed by atoms with Crippen molar-refractivity contribution in [1.29, 1.82) is 0 Å². The zero-order chi connectivity index (χ0) is 9.14. The summed E-state index contributed by atoms with van der Waals surface area (Å²) in [6.45, 7) is 6.28. The van der Waals surface area contributed by atoms with E-state index < -0.39 is 0 Å². The van der Waals surface area contributed by atoms with Gasteiger partial charge in [0.1, 0.15) is 5.82 Å². The molecule has 0 amide bonds. The average Bonchev–Trinajstić information content (AvgIpc) is 2.03. The van der Waals surface area contributed by atoms with Gasteiger partial charge in [-0.25, -0.2) is 4.98 Å². The molecule has 12 heavy (non-hydrogen) atoms. The summed E-state index contributed by atoms with van der Waals surface area (Å²) in [5, 5.41) is 0. The van der Waals surface area contributed by atoms with Crippen molar-refractivity contribution >= 4 is 5.82 Å². The Morgan fingerprint density at radius 3 is 2.67 bits per heavy atom. The van der Waals surface area contributed by atoms with Crippen molar-refractivity contribution in [3.05, 3.63) is 23.4 Å². The van der Waals surface area contributed by atoms with Gasteiger partial charge in [-0.05, 0) is 30.9 Å². The third kappa shape index (κ3) is 1.76. The van der Waals surface area contributed by atoms with E-state index in [1.807, 2.05) is 13.0 Å². The Kier molecular flexibility index (Phi) is 2.69.